The summed E-state index contributed by atoms with van der Waals surface area (Å²) in [4.78, 5) is 0. The Morgan fingerprint density at radius 1 is 1.12 bits per heavy atom. The van der Waals surface area contributed by atoms with Crippen LogP contribution in [0.5, 0.6) is 5.75 Å². The van der Waals surface area contributed by atoms with Crippen molar-refractivity contribution in [1.82, 2.24) is 0 Å². The summed E-state index contributed by atoms with van der Waals surface area (Å²) in [6, 6.07) is 13.7. The van der Waals surface area contributed by atoms with E-state index < -0.39 is 0 Å². The van der Waals surface area contributed by atoms with Crippen molar-refractivity contribution in [2.24, 2.45) is 5.92 Å². The molecule has 0 bridgehead atoms. The lowest BCUT2D eigenvalue weighted by atomic mass is 9.77. The van der Waals surface area contributed by atoms with E-state index in [-0.39, 0.29) is 18.6 Å². The summed E-state index contributed by atoms with van der Waals surface area (Å²) in [5.74, 6) is 1.36. The Morgan fingerprint density at radius 3 is 2.64 bits per heavy atom. The van der Waals surface area contributed by atoms with E-state index in [1.54, 1.807) is 0 Å². The monoisotopic (exact) mass is 370 g/mol. The van der Waals surface area contributed by atoms with Crippen LogP contribution in [0.15, 0.2) is 48.6 Å². The van der Waals surface area contributed by atoms with Crippen LogP contribution in [0.1, 0.15) is 29.5 Å². The molecule has 2 aliphatic rings. The van der Waals surface area contributed by atoms with Crippen molar-refractivity contribution in [2.75, 3.05) is 11.9 Å². The summed E-state index contributed by atoms with van der Waals surface area (Å²) in [6.45, 7) is 0.0527. The lowest BCUT2D eigenvalue weighted by molar-refractivity contribution is 0.367. The first-order chi connectivity index (χ1) is 12.2. The number of hydrogen-bond acceptors (Lipinski definition) is 3. The standard InChI is InChI=1S/C20H16Cl2N2O/c21-16-8-9-17(22)20-18(16)14-2-1-3-15(14)19(24-20)12-4-6-13(7-5-12)25-11-10-23/h1-2,4-9,14-15,19,24H,3,11H2/t14-,15+,19-/m1/s1. The summed E-state index contributed by atoms with van der Waals surface area (Å²) in [5, 5.41) is 13.7. The van der Waals surface area contributed by atoms with Crippen molar-refractivity contribution in [3.05, 3.63) is 69.7 Å². The van der Waals surface area contributed by atoms with Crippen LogP contribution in [0.2, 0.25) is 10.0 Å². The van der Waals surface area contributed by atoms with Crippen LogP contribution in [-0.4, -0.2) is 6.61 Å². The molecule has 1 aliphatic carbocycles. The molecule has 0 amide bonds. The van der Waals surface area contributed by atoms with Crippen LogP contribution in [0.3, 0.4) is 0 Å². The minimum atomic E-state index is 0.0527. The molecule has 1 heterocycles. The number of nitrogens with one attached hydrogen (secondary N) is 1. The Bertz CT molecular complexity index is 871. The van der Waals surface area contributed by atoms with Gasteiger partial charge in [0.05, 0.1) is 16.8 Å². The maximum absolute atomic E-state index is 8.61. The summed E-state index contributed by atoms with van der Waals surface area (Å²) in [7, 11) is 0. The van der Waals surface area contributed by atoms with Crippen LogP contribution in [0, 0.1) is 17.2 Å². The number of nitriles is 1. The van der Waals surface area contributed by atoms with E-state index >= 15 is 0 Å². The van der Waals surface area contributed by atoms with Crippen LogP contribution in [0.4, 0.5) is 5.69 Å². The molecule has 1 N–H and O–H groups in total. The van der Waals surface area contributed by atoms with Gasteiger partial charge in [0.1, 0.15) is 11.8 Å². The van der Waals surface area contributed by atoms with E-state index in [9.17, 15) is 0 Å². The summed E-state index contributed by atoms with van der Waals surface area (Å²) in [5.41, 5.74) is 3.19. The van der Waals surface area contributed by atoms with Crippen LogP contribution < -0.4 is 10.1 Å². The number of halogens is 2. The largest absolute Gasteiger partial charge is 0.479 e. The minimum absolute atomic E-state index is 0.0527. The number of hydrogen-bond donors (Lipinski definition) is 1. The fourth-order valence-electron chi connectivity index (χ4n) is 3.85. The van der Waals surface area contributed by atoms with Crippen LogP contribution >= 0.6 is 23.2 Å². The molecular weight excluding hydrogens is 355 g/mol. The molecule has 3 atom stereocenters. The zero-order valence-corrected chi connectivity index (χ0v) is 14.9. The molecule has 5 heteroatoms. The van der Waals surface area contributed by atoms with E-state index in [4.69, 9.17) is 33.2 Å². The van der Waals surface area contributed by atoms with Crippen molar-refractivity contribution in [2.45, 2.75) is 18.4 Å². The highest BCUT2D eigenvalue weighted by molar-refractivity contribution is 6.36. The molecule has 0 unspecified atom stereocenters. The molecule has 4 rings (SSSR count). The van der Waals surface area contributed by atoms with Gasteiger partial charge in [-0.2, -0.15) is 5.26 Å². The predicted molar refractivity (Wildman–Crippen MR) is 100 cm³/mol. The number of benzene rings is 2. The van der Waals surface area contributed by atoms with Crippen LogP contribution in [-0.2, 0) is 0 Å². The predicted octanol–water partition coefficient (Wildman–Crippen LogP) is 5.72. The first-order valence-corrected chi connectivity index (χ1v) is 8.95. The number of allylic oxidation sites excluding steroid dienone is 2. The molecule has 2 aromatic rings. The number of anilines is 1. The topological polar surface area (TPSA) is 45.0 Å². The highest BCUT2D eigenvalue weighted by Crippen LogP contribution is 2.53. The second-order valence-corrected chi connectivity index (χ2v) is 7.12. The molecule has 1 aliphatic heterocycles. The van der Waals surface area contributed by atoms with E-state index in [1.807, 2.05) is 42.5 Å². The van der Waals surface area contributed by atoms with E-state index in [0.29, 0.717) is 16.7 Å². The molecule has 0 spiro atoms. The highest BCUT2D eigenvalue weighted by atomic mass is 35.5. The number of fused-ring (bicyclic) bond motifs is 3. The fraction of sp³-hybridized carbons (Fsp3) is 0.250. The quantitative estimate of drug-likeness (QED) is 0.702. The van der Waals surface area contributed by atoms with Gasteiger partial charge in [-0.05, 0) is 42.2 Å². The van der Waals surface area contributed by atoms with Gasteiger partial charge in [-0.15, -0.1) is 0 Å². The van der Waals surface area contributed by atoms with Gasteiger partial charge in [-0.3, -0.25) is 0 Å². The molecule has 0 radical (unpaired) electrons. The SMILES string of the molecule is N#CCOc1ccc([C@H]2Nc3c(Cl)ccc(Cl)c3[C@@H]3C=CC[C@H]23)cc1. The molecule has 25 heavy (non-hydrogen) atoms. The Hall–Kier alpha value is -2.15. The van der Waals surface area contributed by atoms with Crippen LogP contribution in [0.25, 0.3) is 0 Å². The molecular formula is C20H16Cl2N2O. The first kappa shape index (κ1) is 16.3. The van der Waals surface area contributed by atoms with E-state index in [2.05, 4.69) is 17.5 Å². The number of rotatable bonds is 3. The van der Waals surface area contributed by atoms with Crippen molar-refractivity contribution in [1.29, 1.82) is 5.26 Å². The fourth-order valence-corrected chi connectivity index (χ4v) is 4.35. The van der Waals surface area contributed by atoms with Gasteiger partial charge in [-0.1, -0.05) is 47.5 Å². The third-order valence-corrected chi connectivity index (χ3v) is 5.60. The maximum atomic E-state index is 8.61. The Balaban J connectivity index is 1.70. The summed E-state index contributed by atoms with van der Waals surface area (Å²) >= 11 is 12.9. The maximum Gasteiger partial charge on any atom is 0.174 e. The van der Waals surface area contributed by atoms with E-state index in [0.717, 1.165) is 22.7 Å². The van der Waals surface area contributed by atoms with Crippen molar-refractivity contribution in [3.8, 4) is 11.8 Å². The first-order valence-electron chi connectivity index (χ1n) is 8.20. The number of nitrogens with zero attached hydrogens (tertiary/aromatic N) is 1. The second kappa shape index (κ2) is 6.63. The lowest BCUT2D eigenvalue weighted by Crippen LogP contribution is -2.29. The normalized spacial score (nSPS) is 23.3. The molecule has 2 aromatic carbocycles. The second-order valence-electron chi connectivity index (χ2n) is 6.31. The molecule has 0 aromatic heterocycles. The summed E-state index contributed by atoms with van der Waals surface area (Å²) in [6.07, 6.45) is 5.46. The zero-order chi connectivity index (χ0) is 17.4. The third-order valence-electron chi connectivity index (χ3n) is 4.96. The van der Waals surface area contributed by atoms with Crippen molar-refractivity contribution in [3.63, 3.8) is 0 Å². The molecule has 126 valence electrons. The lowest BCUT2D eigenvalue weighted by Gasteiger charge is -2.38. The third kappa shape index (κ3) is 2.86. The number of ether oxygens (including phenoxy) is 1. The van der Waals surface area contributed by atoms with Crippen molar-refractivity contribution < 1.29 is 4.74 Å². The average Bonchev–Trinajstić information content (AvgIpc) is 3.12. The van der Waals surface area contributed by atoms with Crippen molar-refractivity contribution >= 4 is 28.9 Å². The van der Waals surface area contributed by atoms with Gasteiger partial charge < -0.3 is 10.1 Å². The van der Waals surface area contributed by atoms with Gasteiger partial charge in [0.25, 0.3) is 0 Å². The molecule has 0 saturated carbocycles. The smallest absolute Gasteiger partial charge is 0.174 e. The molecule has 3 nitrogen and oxygen atoms in total. The summed E-state index contributed by atoms with van der Waals surface area (Å²) < 4.78 is 5.34. The Labute approximate surface area is 156 Å². The highest BCUT2D eigenvalue weighted by Gasteiger charge is 2.39. The van der Waals surface area contributed by atoms with Gasteiger partial charge in [-0.25, -0.2) is 0 Å². The Kier molecular flexibility index (Phi) is 4.33. The molecule has 0 fully saturated rings. The van der Waals surface area contributed by atoms with Gasteiger partial charge in [0.2, 0.25) is 0 Å². The Morgan fingerprint density at radius 2 is 1.88 bits per heavy atom. The molecule has 0 saturated heterocycles. The van der Waals surface area contributed by atoms with Gasteiger partial charge >= 0.3 is 0 Å². The van der Waals surface area contributed by atoms with Gasteiger partial charge in [0, 0.05) is 16.5 Å². The van der Waals surface area contributed by atoms with Gasteiger partial charge in [0.15, 0.2) is 6.61 Å². The van der Waals surface area contributed by atoms with E-state index in [1.165, 1.54) is 5.56 Å². The average molecular weight is 371 g/mol. The minimum Gasteiger partial charge on any atom is -0.479 e. The zero-order valence-electron chi connectivity index (χ0n) is 13.4.